The van der Waals surface area contributed by atoms with Crippen molar-refractivity contribution in [1.82, 2.24) is 15.1 Å². The minimum absolute atomic E-state index is 0.0769. The summed E-state index contributed by atoms with van der Waals surface area (Å²) in [6, 6.07) is 8.74. The maximum absolute atomic E-state index is 12.9. The number of rotatable bonds is 5. The minimum atomic E-state index is -0.0985. The summed E-state index contributed by atoms with van der Waals surface area (Å²) in [5, 5.41) is 7.74. The molecule has 0 aliphatic carbocycles. The van der Waals surface area contributed by atoms with Crippen molar-refractivity contribution in [3.05, 3.63) is 42.1 Å². The van der Waals surface area contributed by atoms with E-state index in [1.165, 1.54) is 0 Å². The first-order chi connectivity index (χ1) is 12.2. The molecule has 1 aliphatic rings. The second kappa shape index (κ2) is 7.83. The Kier molecular flexibility index (Phi) is 5.33. The summed E-state index contributed by atoms with van der Waals surface area (Å²) in [5.74, 6) is 1.55. The van der Waals surface area contributed by atoms with E-state index in [9.17, 15) is 4.79 Å². The number of ether oxygens (including phenoxy) is 3. The largest absolute Gasteiger partial charge is 0.497 e. The maximum atomic E-state index is 12.9. The van der Waals surface area contributed by atoms with Crippen LogP contribution in [0.4, 0.5) is 0 Å². The topological polar surface area (TPSA) is 73.8 Å². The van der Waals surface area contributed by atoms with E-state index in [-0.39, 0.29) is 12.0 Å². The lowest BCUT2D eigenvalue weighted by Crippen LogP contribution is -2.44. The average Bonchev–Trinajstić information content (AvgIpc) is 2.68. The van der Waals surface area contributed by atoms with Crippen molar-refractivity contribution in [2.24, 2.45) is 0 Å². The van der Waals surface area contributed by atoms with Crippen LogP contribution in [0.15, 0.2) is 36.5 Å². The summed E-state index contributed by atoms with van der Waals surface area (Å²) >= 11 is 0. The van der Waals surface area contributed by atoms with Gasteiger partial charge in [-0.1, -0.05) is 0 Å². The molecule has 1 aromatic carbocycles. The highest BCUT2D eigenvalue weighted by Gasteiger charge is 2.27. The van der Waals surface area contributed by atoms with Crippen molar-refractivity contribution < 1.29 is 19.0 Å². The van der Waals surface area contributed by atoms with Crippen LogP contribution in [-0.2, 0) is 0 Å². The van der Waals surface area contributed by atoms with Crippen molar-refractivity contribution >= 4 is 5.91 Å². The van der Waals surface area contributed by atoms with Gasteiger partial charge in [-0.15, -0.1) is 5.10 Å². The van der Waals surface area contributed by atoms with Crippen LogP contribution in [-0.4, -0.2) is 54.4 Å². The molecule has 0 saturated carbocycles. The monoisotopic (exact) mass is 343 g/mol. The van der Waals surface area contributed by atoms with Gasteiger partial charge in [0.2, 0.25) is 5.88 Å². The van der Waals surface area contributed by atoms with Gasteiger partial charge in [-0.2, -0.15) is 5.10 Å². The zero-order chi connectivity index (χ0) is 17.6. The Morgan fingerprint density at radius 2 is 2.12 bits per heavy atom. The highest BCUT2D eigenvalue weighted by atomic mass is 16.5. The molecular formula is C18H21N3O4. The van der Waals surface area contributed by atoms with Crippen LogP contribution < -0.4 is 14.2 Å². The molecule has 1 aliphatic heterocycles. The molecule has 0 spiro atoms. The van der Waals surface area contributed by atoms with E-state index in [1.807, 2.05) is 0 Å². The third-order valence-corrected chi connectivity index (χ3v) is 4.14. The molecule has 1 unspecified atom stereocenters. The number of carbonyl (C=O) groups excluding carboxylic acids is 1. The van der Waals surface area contributed by atoms with E-state index in [2.05, 4.69) is 10.2 Å². The van der Waals surface area contributed by atoms with E-state index in [4.69, 9.17) is 14.2 Å². The average molecular weight is 343 g/mol. The van der Waals surface area contributed by atoms with Crippen molar-refractivity contribution in [2.75, 3.05) is 27.3 Å². The summed E-state index contributed by atoms with van der Waals surface area (Å²) in [4.78, 5) is 14.7. The van der Waals surface area contributed by atoms with Gasteiger partial charge in [-0.05, 0) is 31.0 Å². The fourth-order valence-corrected chi connectivity index (χ4v) is 2.89. The highest BCUT2D eigenvalue weighted by Crippen LogP contribution is 2.27. The lowest BCUT2D eigenvalue weighted by atomic mass is 10.1. The first kappa shape index (κ1) is 17.0. The normalized spacial score (nSPS) is 17.0. The van der Waals surface area contributed by atoms with Gasteiger partial charge in [0.05, 0.1) is 26.3 Å². The van der Waals surface area contributed by atoms with Gasteiger partial charge in [-0.25, -0.2) is 0 Å². The Morgan fingerprint density at radius 3 is 2.84 bits per heavy atom. The van der Waals surface area contributed by atoms with E-state index >= 15 is 0 Å². The van der Waals surface area contributed by atoms with Crippen LogP contribution in [0, 0.1) is 0 Å². The van der Waals surface area contributed by atoms with Crippen LogP contribution in [0.25, 0.3) is 0 Å². The smallest absolute Gasteiger partial charge is 0.257 e. The third-order valence-electron chi connectivity index (χ3n) is 4.14. The number of hydrogen-bond acceptors (Lipinski definition) is 6. The van der Waals surface area contributed by atoms with E-state index in [1.54, 1.807) is 55.6 Å². The fraction of sp³-hybridized carbons (Fsp3) is 0.389. The Hall–Kier alpha value is -2.83. The summed E-state index contributed by atoms with van der Waals surface area (Å²) < 4.78 is 16.4. The fourth-order valence-electron chi connectivity index (χ4n) is 2.89. The minimum Gasteiger partial charge on any atom is -0.497 e. The van der Waals surface area contributed by atoms with Crippen LogP contribution in [0.1, 0.15) is 23.2 Å². The molecule has 0 bridgehead atoms. The van der Waals surface area contributed by atoms with Crippen LogP contribution in [0.3, 0.4) is 0 Å². The molecule has 25 heavy (non-hydrogen) atoms. The lowest BCUT2D eigenvalue weighted by Gasteiger charge is -2.32. The molecule has 2 aromatic rings. The van der Waals surface area contributed by atoms with Gasteiger partial charge in [0.1, 0.15) is 17.6 Å². The molecule has 1 amide bonds. The van der Waals surface area contributed by atoms with Crippen LogP contribution in [0.5, 0.6) is 17.4 Å². The van der Waals surface area contributed by atoms with Crippen molar-refractivity contribution in [1.29, 1.82) is 0 Å². The second-order valence-corrected chi connectivity index (χ2v) is 5.76. The number of nitrogens with zero attached hydrogens (tertiary/aromatic N) is 3. The van der Waals surface area contributed by atoms with Gasteiger partial charge in [0.15, 0.2) is 0 Å². The van der Waals surface area contributed by atoms with Crippen molar-refractivity contribution in [2.45, 2.75) is 18.9 Å². The predicted molar refractivity (Wildman–Crippen MR) is 91.1 cm³/mol. The van der Waals surface area contributed by atoms with Crippen molar-refractivity contribution in [3.8, 4) is 17.4 Å². The number of hydrogen-bond donors (Lipinski definition) is 0. The quantitative estimate of drug-likeness (QED) is 0.828. The second-order valence-electron chi connectivity index (χ2n) is 5.76. The third kappa shape index (κ3) is 3.99. The van der Waals surface area contributed by atoms with E-state index in [0.29, 0.717) is 36.0 Å². The van der Waals surface area contributed by atoms with Gasteiger partial charge >= 0.3 is 0 Å². The first-order valence-electron chi connectivity index (χ1n) is 8.17. The maximum Gasteiger partial charge on any atom is 0.257 e. The molecule has 132 valence electrons. The number of likely N-dealkylation sites (tertiary alicyclic amines) is 1. The molecule has 1 saturated heterocycles. The number of benzene rings is 1. The number of piperidine rings is 1. The number of carbonyl (C=O) groups is 1. The summed E-state index contributed by atoms with van der Waals surface area (Å²) in [7, 11) is 3.12. The molecule has 1 atom stereocenters. The van der Waals surface area contributed by atoms with Gasteiger partial charge in [-0.3, -0.25) is 4.79 Å². The van der Waals surface area contributed by atoms with Crippen LogP contribution >= 0.6 is 0 Å². The molecule has 2 heterocycles. The molecule has 1 fully saturated rings. The Bertz CT molecular complexity index is 724. The SMILES string of the molecule is COc1ccc(C(=O)N2CCCC(Oc3cccnn3)C2)c(OC)c1. The molecule has 7 heteroatoms. The summed E-state index contributed by atoms with van der Waals surface area (Å²) in [6.45, 7) is 1.19. The van der Waals surface area contributed by atoms with Gasteiger partial charge < -0.3 is 19.1 Å². The van der Waals surface area contributed by atoms with Crippen LogP contribution in [0.2, 0.25) is 0 Å². The predicted octanol–water partition coefficient (Wildman–Crippen LogP) is 2.18. The molecule has 3 rings (SSSR count). The Morgan fingerprint density at radius 1 is 1.24 bits per heavy atom. The number of methoxy groups -OCH3 is 2. The molecule has 1 aromatic heterocycles. The van der Waals surface area contributed by atoms with E-state index in [0.717, 1.165) is 12.8 Å². The van der Waals surface area contributed by atoms with Crippen molar-refractivity contribution in [3.63, 3.8) is 0 Å². The summed E-state index contributed by atoms with van der Waals surface area (Å²) in [6.07, 6.45) is 3.24. The lowest BCUT2D eigenvalue weighted by molar-refractivity contribution is 0.0522. The van der Waals surface area contributed by atoms with Gasteiger partial charge in [0, 0.05) is 24.9 Å². The van der Waals surface area contributed by atoms with E-state index < -0.39 is 0 Å². The number of aromatic nitrogens is 2. The summed E-state index contributed by atoms with van der Waals surface area (Å²) in [5.41, 5.74) is 0.517. The standard InChI is InChI=1S/C18H21N3O4/c1-23-13-7-8-15(16(11-13)24-2)18(22)21-10-4-5-14(12-21)25-17-6-3-9-19-20-17/h3,6-9,11,14H,4-5,10,12H2,1-2H3. The Balaban J connectivity index is 1.71. The zero-order valence-corrected chi connectivity index (χ0v) is 14.3. The molecule has 7 nitrogen and oxygen atoms in total. The first-order valence-corrected chi connectivity index (χ1v) is 8.17. The highest BCUT2D eigenvalue weighted by molar-refractivity contribution is 5.97. The Labute approximate surface area is 146 Å². The molecule has 0 N–H and O–H groups in total. The molecule has 0 radical (unpaired) electrons. The number of amides is 1. The molecular weight excluding hydrogens is 322 g/mol. The zero-order valence-electron chi connectivity index (χ0n) is 14.3. The van der Waals surface area contributed by atoms with Gasteiger partial charge in [0.25, 0.3) is 5.91 Å².